The minimum atomic E-state index is -0.400. The van der Waals surface area contributed by atoms with E-state index in [1.165, 1.54) is 0 Å². The fourth-order valence-corrected chi connectivity index (χ4v) is 3.23. The van der Waals surface area contributed by atoms with Crippen LogP contribution in [-0.4, -0.2) is 60.2 Å². The molecule has 1 aliphatic rings. The third kappa shape index (κ3) is 4.69. The first-order valence-corrected chi connectivity index (χ1v) is 8.31. The summed E-state index contributed by atoms with van der Waals surface area (Å²) in [5, 5.41) is 9.92. The van der Waals surface area contributed by atoms with Crippen LogP contribution in [0.5, 0.6) is 5.75 Å². The lowest BCUT2D eigenvalue weighted by Crippen LogP contribution is -2.49. The second kappa shape index (κ2) is 8.31. The Labute approximate surface area is 138 Å². The van der Waals surface area contributed by atoms with Gasteiger partial charge in [-0.3, -0.25) is 9.69 Å². The van der Waals surface area contributed by atoms with E-state index in [9.17, 15) is 9.90 Å². The number of amides is 1. The first kappa shape index (κ1) is 17.8. The van der Waals surface area contributed by atoms with Gasteiger partial charge in [0, 0.05) is 25.2 Å². The highest BCUT2D eigenvalue weighted by molar-refractivity contribution is 5.78. The molecule has 1 heterocycles. The highest BCUT2D eigenvalue weighted by atomic mass is 16.5. The number of benzene rings is 1. The molecule has 0 bridgehead atoms. The lowest BCUT2D eigenvalue weighted by Gasteiger charge is -2.37. The number of nitrogens with zero attached hydrogens (tertiary/aromatic N) is 2. The van der Waals surface area contributed by atoms with E-state index in [-0.39, 0.29) is 11.9 Å². The van der Waals surface area contributed by atoms with Gasteiger partial charge in [-0.2, -0.15) is 0 Å². The monoisotopic (exact) mass is 320 g/mol. The molecule has 0 aliphatic carbocycles. The predicted octanol–water partition coefficient (Wildman–Crippen LogP) is 1.89. The van der Waals surface area contributed by atoms with Crippen LogP contribution in [0.2, 0.25) is 0 Å². The third-order valence-corrected chi connectivity index (χ3v) is 4.59. The van der Waals surface area contributed by atoms with Crippen LogP contribution in [0.25, 0.3) is 0 Å². The van der Waals surface area contributed by atoms with Gasteiger partial charge in [-0.05, 0) is 32.4 Å². The van der Waals surface area contributed by atoms with Crippen LogP contribution in [0.1, 0.15) is 31.7 Å². The fraction of sp³-hybridized carbons (Fsp3) is 0.611. The van der Waals surface area contributed by atoms with E-state index in [1.807, 2.05) is 38.2 Å². The summed E-state index contributed by atoms with van der Waals surface area (Å²) in [6, 6.07) is 7.84. The van der Waals surface area contributed by atoms with Gasteiger partial charge in [0.2, 0.25) is 5.91 Å². The number of hydrogen-bond donors (Lipinski definition) is 1. The summed E-state index contributed by atoms with van der Waals surface area (Å²) >= 11 is 0. The van der Waals surface area contributed by atoms with Gasteiger partial charge >= 0.3 is 0 Å². The van der Waals surface area contributed by atoms with Crippen molar-refractivity contribution in [1.29, 1.82) is 0 Å². The van der Waals surface area contributed by atoms with Gasteiger partial charge in [-0.1, -0.05) is 24.6 Å². The van der Waals surface area contributed by atoms with E-state index >= 15 is 0 Å². The zero-order valence-corrected chi connectivity index (χ0v) is 14.4. The van der Waals surface area contributed by atoms with Gasteiger partial charge in [0.25, 0.3) is 0 Å². The molecule has 1 N–H and O–H groups in total. The molecule has 23 heavy (non-hydrogen) atoms. The lowest BCUT2D eigenvalue weighted by molar-refractivity contribution is -0.133. The van der Waals surface area contributed by atoms with Crippen LogP contribution in [0.4, 0.5) is 0 Å². The molecule has 1 amide bonds. The number of aliphatic hydroxyl groups excluding tert-OH is 1. The van der Waals surface area contributed by atoms with Crippen LogP contribution in [0, 0.1) is 0 Å². The number of aliphatic hydroxyl groups is 1. The van der Waals surface area contributed by atoms with Crippen LogP contribution in [0.15, 0.2) is 24.3 Å². The van der Waals surface area contributed by atoms with Crippen molar-refractivity contribution in [3.63, 3.8) is 0 Å². The highest BCUT2D eigenvalue weighted by Crippen LogP contribution is 2.21. The molecule has 2 unspecified atom stereocenters. The Morgan fingerprint density at radius 2 is 2.17 bits per heavy atom. The quantitative estimate of drug-likeness (QED) is 0.870. The number of ether oxygens (including phenoxy) is 1. The molecular weight excluding hydrogens is 292 g/mol. The van der Waals surface area contributed by atoms with Crippen LogP contribution in [-0.2, 0) is 11.3 Å². The number of carbonyl (C=O) groups excluding carboxylic acids is 1. The molecule has 0 aromatic heterocycles. The zero-order valence-electron chi connectivity index (χ0n) is 14.4. The van der Waals surface area contributed by atoms with Gasteiger partial charge in [0.05, 0.1) is 19.8 Å². The molecule has 0 radical (unpaired) electrons. The second-order valence-corrected chi connectivity index (χ2v) is 6.34. The number of likely N-dealkylation sites (tertiary alicyclic amines) is 1. The average Bonchev–Trinajstić information content (AvgIpc) is 2.55. The number of rotatable bonds is 6. The minimum absolute atomic E-state index is 0.0726. The van der Waals surface area contributed by atoms with Crippen molar-refractivity contribution in [2.45, 2.75) is 44.9 Å². The van der Waals surface area contributed by atoms with Gasteiger partial charge in [-0.25, -0.2) is 0 Å². The lowest BCUT2D eigenvalue weighted by atomic mass is 9.98. The van der Waals surface area contributed by atoms with Crippen molar-refractivity contribution in [2.24, 2.45) is 0 Å². The molecule has 1 aromatic carbocycles. The van der Waals surface area contributed by atoms with Crippen molar-refractivity contribution in [3.05, 3.63) is 29.8 Å². The number of carbonyl (C=O) groups is 1. The maximum atomic E-state index is 12.5. The van der Waals surface area contributed by atoms with Crippen molar-refractivity contribution >= 4 is 5.91 Å². The molecule has 5 nitrogen and oxygen atoms in total. The van der Waals surface area contributed by atoms with E-state index in [2.05, 4.69) is 4.90 Å². The Bertz CT molecular complexity index is 519. The molecule has 5 heteroatoms. The van der Waals surface area contributed by atoms with Crippen LogP contribution >= 0.6 is 0 Å². The first-order valence-electron chi connectivity index (χ1n) is 8.31. The predicted molar refractivity (Wildman–Crippen MR) is 90.4 cm³/mol. The van der Waals surface area contributed by atoms with E-state index in [4.69, 9.17) is 4.74 Å². The van der Waals surface area contributed by atoms with E-state index in [0.717, 1.165) is 37.1 Å². The molecule has 1 saturated heterocycles. The van der Waals surface area contributed by atoms with Crippen molar-refractivity contribution in [1.82, 2.24) is 9.80 Å². The molecule has 2 atom stereocenters. The number of methoxy groups -OCH3 is 1. The number of hydrogen-bond acceptors (Lipinski definition) is 4. The molecule has 2 rings (SSSR count). The Morgan fingerprint density at radius 3 is 2.87 bits per heavy atom. The summed E-state index contributed by atoms with van der Waals surface area (Å²) in [6.07, 6.45) is 2.77. The Kier molecular flexibility index (Phi) is 6.42. The van der Waals surface area contributed by atoms with Gasteiger partial charge in [-0.15, -0.1) is 0 Å². The van der Waals surface area contributed by atoms with Crippen molar-refractivity contribution in [3.8, 4) is 5.75 Å². The molecule has 0 spiro atoms. The van der Waals surface area contributed by atoms with Crippen LogP contribution < -0.4 is 4.74 Å². The van der Waals surface area contributed by atoms with Gasteiger partial charge < -0.3 is 14.7 Å². The summed E-state index contributed by atoms with van der Waals surface area (Å²) in [5.41, 5.74) is 0.997. The van der Waals surface area contributed by atoms with E-state index < -0.39 is 6.10 Å². The smallest absolute Gasteiger partial charge is 0.236 e. The maximum absolute atomic E-state index is 12.5. The molecular formula is C18H28N2O3. The Balaban J connectivity index is 1.96. The Morgan fingerprint density at radius 1 is 1.43 bits per heavy atom. The maximum Gasteiger partial charge on any atom is 0.236 e. The Hall–Kier alpha value is -1.59. The van der Waals surface area contributed by atoms with Crippen LogP contribution in [0.3, 0.4) is 0 Å². The van der Waals surface area contributed by atoms with E-state index in [1.54, 1.807) is 12.0 Å². The SMILES string of the molecule is COc1ccccc1CN(C)C(=O)CN1CCCCC1C(C)O. The average molecular weight is 320 g/mol. The largest absolute Gasteiger partial charge is 0.496 e. The molecule has 128 valence electrons. The number of para-hydroxylation sites is 1. The molecule has 0 saturated carbocycles. The minimum Gasteiger partial charge on any atom is -0.496 e. The first-order chi connectivity index (χ1) is 11.0. The standard InChI is InChI=1S/C18H28N2O3/c1-14(21)16-9-6-7-11-20(16)13-18(22)19(2)12-15-8-4-5-10-17(15)23-3/h4-5,8,10,14,16,21H,6-7,9,11-13H2,1-3H3. The molecule has 1 aliphatic heterocycles. The summed E-state index contributed by atoms with van der Waals surface area (Å²) < 4.78 is 5.34. The second-order valence-electron chi connectivity index (χ2n) is 6.34. The summed E-state index contributed by atoms with van der Waals surface area (Å²) in [5.74, 6) is 0.871. The highest BCUT2D eigenvalue weighted by Gasteiger charge is 2.28. The molecule has 1 fully saturated rings. The summed E-state index contributed by atoms with van der Waals surface area (Å²) in [7, 11) is 3.46. The normalized spacial score (nSPS) is 20.1. The zero-order chi connectivity index (χ0) is 16.8. The number of likely N-dealkylation sites (N-methyl/N-ethyl adjacent to an activating group) is 1. The van der Waals surface area contributed by atoms with Gasteiger partial charge in [0.1, 0.15) is 5.75 Å². The molecule has 1 aromatic rings. The summed E-state index contributed by atoms with van der Waals surface area (Å²) in [4.78, 5) is 16.4. The topological polar surface area (TPSA) is 53.0 Å². The van der Waals surface area contributed by atoms with Crippen molar-refractivity contribution in [2.75, 3.05) is 27.2 Å². The van der Waals surface area contributed by atoms with E-state index in [0.29, 0.717) is 13.1 Å². The summed E-state index contributed by atoms with van der Waals surface area (Å²) in [6.45, 7) is 3.58. The van der Waals surface area contributed by atoms with Gasteiger partial charge in [0.15, 0.2) is 0 Å². The third-order valence-electron chi connectivity index (χ3n) is 4.59. The van der Waals surface area contributed by atoms with Crippen molar-refractivity contribution < 1.29 is 14.6 Å². The fourth-order valence-electron chi connectivity index (χ4n) is 3.23. The number of piperidine rings is 1.